The summed E-state index contributed by atoms with van der Waals surface area (Å²) >= 11 is 6.25. The summed E-state index contributed by atoms with van der Waals surface area (Å²) in [6.07, 6.45) is 0.830. The number of aromatic nitrogens is 1. The number of esters is 1. The van der Waals surface area contributed by atoms with Crippen molar-refractivity contribution in [1.29, 1.82) is 0 Å². The Morgan fingerprint density at radius 3 is 2.96 bits per heavy atom. The maximum atomic E-state index is 12.2. The average Bonchev–Trinajstić information content (AvgIpc) is 2.88. The smallest absolute Gasteiger partial charge is 0.312 e. The van der Waals surface area contributed by atoms with Gasteiger partial charge in [0.05, 0.1) is 24.7 Å². The van der Waals surface area contributed by atoms with Gasteiger partial charge in [-0.2, -0.15) is 0 Å². The second kappa shape index (κ2) is 7.25. The van der Waals surface area contributed by atoms with E-state index in [-0.39, 0.29) is 13.0 Å². The van der Waals surface area contributed by atoms with E-state index in [1.807, 2.05) is 18.2 Å². The first-order chi connectivity index (χ1) is 12.7. The van der Waals surface area contributed by atoms with Crippen molar-refractivity contribution < 1.29 is 23.5 Å². The maximum Gasteiger partial charge on any atom is 0.312 e. The summed E-state index contributed by atoms with van der Waals surface area (Å²) in [5.74, 6) is 0.712. The lowest BCUT2D eigenvalue weighted by molar-refractivity contribution is -0.144. The lowest BCUT2D eigenvalue weighted by Crippen LogP contribution is -2.08. The first kappa shape index (κ1) is 16.7. The molecule has 0 amide bonds. The van der Waals surface area contributed by atoms with Crippen molar-refractivity contribution in [1.82, 2.24) is 5.16 Å². The molecule has 0 saturated carbocycles. The van der Waals surface area contributed by atoms with Crippen LogP contribution in [0.2, 0.25) is 5.02 Å². The largest absolute Gasteiger partial charge is 0.489 e. The number of hydrogen-bond donors (Lipinski definition) is 0. The molecule has 134 valence electrons. The topological polar surface area (TPSA) is 70.8 Å². The Hall–Kier alpha value is -2.73. The Morgan fingerprint density at radius 1 is 1.19 bits per heavy atom. The zero-order chi connectivity index (χ0) is 17.9. The molecule has 1 aliphatic rings. The van der Waals surface area contributed by atoms with Gasteiger partial charge < -0.3 is 18.7 Å². The van der Waals surface area contributed by atoms with Crippen molar-refractivity contribution in [3.8, 4) is 11.5 Å². The lowest BCUT2D eigenvalue weighted by atomic mass is 10.2. The van der Waals surface area contributed by atoms with Gasteiger partial charge in [0.1, 0.15) is 12.3 Å². The number of fused-ring (bicyclic) bond motifs is 2. The van der Waals surface area contributed by atoms with Crippen LogP contribution in [0, 0.1) is 0 Å². The molecule has 4 rings (SSSR count). The fraction of sp³-hybridized carbons (Fsp3) is 0.263. The second-order valence-electron chi connectivity index (χ2n) is 5.92. The Bertz CT molecular complexity index is 952. The third-order valence-corrected chi connectivity index (χ3v) is 4.31. The summed E-state index contributed by atoms with van der Waals surface area (Å²) in [6.45, 7) is 1.21. The molecule has 0 N–H and O–H groups in total. The van der Waals surface area contributed by atoms with Gasteiger partial charge in [-0.05, 0) is 29.8 Å². The zero-order valence-corrected chi connectivity index (χ0v) is 14.6. The summed E-state index contributed by atoms with van der Waals surface area (Å²) in [6, 6.07) is 10.9. The van der Waals surface area contributed by atoms with Crippen molar-refractivity contribution >= 4 is 28.5 Å². The van der Waals surface area contributed by atoms with Crippen LogP contribution in [0.4, 0.5) is 0 Å². The van der Waals surface area contributed by atoms with Gasteiger partial charge in [-0.15, -0.1) is 0 Å². The molecule has 0 fully saturated rings. The molecule has 1 aliphatic heterocycles. The Morgan fingerprint density at radius 2 is 2.04 bits per heavy atom. The molecule has 2 heterocycles. The lowest BCUT2D eigenvalue weighted by Gasteiger charge is -2.11. The van der Waals surface area contributed by atoms with Gasteiger partial charge in [-0.3, -0.25) is 4.79 Å². The standard InChI is InChI=1S/C19H16ClNO5/c20-14-8-12(9-17-19(14)24-7-3-6-23-17)11-25-18(22)10-15-13-4-1-2-5-16(13)26-21-15/h1-2,4-5,8-9H,3,6-7,10-11H2. The quantitative estimate of drug-likeness (QED) is 0.645. The fourth-order valence-corrected chi connectivity index (χ4v) is 3.07. The molecule has 0 bridgehead atoms. The molecular formula is C19H16ClNO5. The van der Waals surface area contributed by atoms with Crippen LogP contribution in [0.1, 0.15) is 17.7 Å². The minimum atomic E-state index is -0.396. The van der Waals surface area contributed by atoms with Crippen LogP contribution in [0.15, 0.2) is 40.9 Å². The predicted molar refractivity (Wildman–Crippen MR) is 94.6 cm³/mol. The fourth-order valence-electron chi connectivity index (χ4n) is 2.78. The normalized spacial score (nSPS) is 13.4. The molecule has 2 aromatic carbocycles. The van der Waals surface area contributed by atoms with Crippen molar-refractivity contribution in [2.45, 2.75) is 19.4 Å². The number of carbonyl (C=O) groups excluding carboxylic acids is 1. The summed E-state index contributed by atoms with van der Waals surface area (Å²) in [5, 5.41) is 5.19. The van der Waals surface area contributed by atoms with Crippen molar-refractivity contribution in [2.24, 2.45) is 0 Å². The monoisotopic (exact) mass is 373 g/mol. The second-order valence-corrected chi connectivity index (χ2v) is 6.33. The molecule has 0 spiro atoms. The van der Waals surface area contributed by atoms with E-state index < -0.39 is 5.97 Å². The van der Waals surface area contributed by atoms with E-state index in [9.17, 15) is 4.79 Å². The minimum Gasteiger partial charge on any atom is -0.489 e. The first-order valence-corrected chi connectivity index (χ1v) is 8.65. The Balaban J connectivity index is 1.43. The van der Waals surface area contributed by atoms with Crippen molar-refractivity contribution in [3.05, 3.63) is 52.7 Å². The summed E-state index contributed by atoms with van der Waals surface area (Å²) < 4.78 is 21.8. The molecule has 0 unspecified atom stereocenters. The van der Waals surface area contributed by atoms with Crippen molar-refractivity contribution in [3.63, 3.8) is 0 Å². The first-order valence-electron chi connectivity index (χ1n) is 8.27. The van der Waals surface area contributed by atoms with Gasteiger partial charge in [0.2, 0.25) is 0 Å². The van der Waals surface area contributed by atoms with Crippen LogP contribution in [-0.2, 0) is 22.6 Å². The van der Waals surface area contributed by atoms with E-state index in [4.69, 9.17) is 30.3 Å². The van der Waals surface area contributed by atoms with Gasteiger partial charge in [0, 0.05) is 11.8 Å². The molecule has 26 heavy (non-hydrogen) atoms. The van der Waals surface area contributed by atoms with Crippen LogP contribution >= 0.6 is 11.6 Å². The number of ether oxygens (including phenoxy) is 3. The Labute approximate surface area is 154 Å². The van der Waals surface area contributed by atoms with Gasteiger partial charge in [0.15, 0.2) is 17.1 Å². The van der Waals surface area contributed by atoms with Crippen LogP contribution < -0.4 is 9.47 Å². The number of hydrogen-bond acceptors (Lipinski definition) is 6. The van der Waals surface area contributed by atoms with E-state index in [1.54, 1.807) is 18.2 Å². The molecule has 1 aromatic heterocycles. The predicted octanol–water partition coefficient (Wildman–Crippen LogP) is 3.93. The van der Waals surface area contributed by atoms with Gasteiger partial charge in [0.25, 0.3) is 0 Å². The number of nitrogens with zero attached hydrogens (tertiary/aromatic N) is 1. The van der Waals surface area contributed by atoms with Crippen molar-refractivity contribution in [2.75, 3.05) is 13.2 Å². The molecule has 0 atom stereocenters. The number of carbonyl (C=O) groups is 1. The zero-order valence-electron chi connectivity index (χ0n) is 13.9. The molecular weight excluding hydrogens is 358 g/mol. The molecule has 6 nitrogen and oxygen atoms in total. The van der Waals surface area contributed by atoms with E-state index >= 15 is 0 Å². The van der Waals surface area contributed by atoms with E-state index in [2.05, 4.69) is 5.16 Å². The third kappa shape index (κ3) is 3.46. The van der Waals surface area contributed by atoms with Crippen LogP contribution in [0.5, 0.6) is 11.5 Å². The summed E-state index contributed by atoms with van der Waals surface area (Å²) in [5.41, 5.74) is 1.94. The summed E-state index contributed by atoms with van der Waals surface area (Å²) in [7, 11) is 0. The highest BCUT2D eigenvalue weighted by Gasteiger charge is 2.17. The molecule has 3 aromatic rings. The van der Waals surface area contributed by atoms with E-state index in [1.165, 1.54) is 0 Å². The Kier molecular flexibility index (Phi) is 4.67. The maximum absolute atomic E-state index is 12.2. The van der Waals surface area contributed by atoms with Gasteiger partial charge >= 0.3 is 5.97 Å². The molecule has 0 saturated heterocycles. The number of halogens is 1. The van der Waals surface area contributed by atoms with Crippen LogP contribution in [0.3, 0.4) is 0 Å². The average molecular weight is 374 g/mol. The van der Waals surface area contributed by atoms with Gasteiger partial charge in [-0.25, -0.2) is 0 Å². The third-order valence-electron chi connectivity index (χ3n) is 4.03. The van der Waals surface area contributed by atoms with Gasteiger partial charge in [-0.1, -0.05) is 28.9 Å². The van der Waals surface area contributed by atoms with Crippen LogP contribution in [-0.4, -0.2) is 24.3 Å². The molecule has 7 heteroatoms. The SMILES string of the molecule is O=C(Cc1noc2ccccc12)OCc1cc(Cl)c2c(c1)OCCCO2. The molecule has 0 aliphatic carbocycles. The van der Waals surface area contributed by atoms with Crippen LogP contribution in [0.25, 0.3) is 11.0 Å². The summed E-state index contributed by atoms with van der Waals surface area (Å²) in [4.78, 5) is 12.2. The number of para-hydroxylation sites is 1. The highest BCUT2D eigenvalue weighted by atomic mass is 35.5. The molecule has 0 radical (unpaired) electrons. The number of rotatable bonds is 4. The highest BCUT2D eigenvalue weighted by Crippen LogP contribution is 2.38. The van der Waals surface area contributed by atoms with E-state index in [0.29, 0.717) is 41.0 Å². The van der Waals surface area contributed by atoms with E-state index in [0.717, 1.165) is 17.4 Å². The highest BCUT2D eigenvalue weighted by molar-refractivity contribution is 6.32. The minimum absolute atomic E-state index is 0.0370. The number of benzene rings is 2.